The Morgan fingerprint density at radius 2 is 1.79 bits per heavy atom. The Morgan fingerprint density at radius 3 is 2.45 bits per heavy atom. The van der Waals surface area contributed by atoms with Crippen LogP contribution in [0.2, 0.25) is 0 Å². The molecule has 2 aromatic rings. The fourth-order valence-electron chi connectivity index (χ4n) is 3.13. The van der Waals surface area contributed by atoms with Gasteiger partial charge >= 0.3 is 6.09 Å². The number of carbonyl (C=O) groups excluding carboxylic acids is 2. The van der Waals surface area contributed by atoms with Gasteiger partial charge in [0.15, 0.2) is 0 Å². The van der Waals surface area contributed by atoms with Crippen LogP contribution >= 0.6 is 15.9 Å². The van der Waals surface area contributed by atoms with Gasteiger partial charge < -0.3 is 14.5 Å². The van der Waals surface area contributed by atoms with E-state index in [0.29, 0.717) is 37.1 Å². The molecule has 0 saturated carbocycles. The summed E-state index contributed by atoms with van der Waals surface area (Å²) in [4.78, 5) is 44.9. The second kappa shape index (κ2) is 8.52. The molecule has 0 bridgehead atoms. The van der Waals surface area contributed by atoms with Crippen molar-refractivity contribution >= 4 is 38.8 Å². The van der Waals surface area contributed by atoms with Crippen LogP contribution in [0, 0.1) is 0 Å². The van der Waals surface area contributed by atoms with Gasteiger partial charge in [-0.1, -0.05) is 15.9 Å². The lowest BCUT2D eigenvalue weighted by molar-refractivity contribution is -0.133. The largest absolute Gasteiger partial charge is 0.444 e. The molecule has 8 nitrogen and oxygen atoms in total. The third-order valence-electron chi connectivity index (χ3n) is 4.64. The highest BCUT2D eigenvalue weighted by Crippen LogP contribution is 2.15. The van der Waals surface area contributed by atoms with Gasteiger partial charge in [-0.15, -0.1) is 0 Å². The fraction of sp³-hybridized carbons (Fsp3) is 0.500. The van der Waals surface area contributed by atoms with Gasteiger partial charge in [0.1, 0.15) is 5.60 Å². The Bertz CT molecular complexity index is 975. The van der Waals surface area contributed by atoms with E-state index in [1.54, 1.807) is 21.9 Å². The van der Waals surface area contributed by atoms with Crippen LogP contribution in [0.4, 0.5) is 4.79 Å². The average Bonchev–Trinajstić information content (AvgIpc) is 2.66. The van der Waals surface area contributed by atoms with Crippen molar-refractivity contribution in [1.82, 2.24) is 19.4 Å². The molecule has 0 N–H and O–H groups in total. The number of carbonyl (C=O) groups is 2. The molecule has 0 spiro atoms. The summed E-state index contributed by atoms with van der Waals surface area (Å²) in [6, 6.07) is 5.35. The molecule has 1 saturated heterocycles. The number of aryl methyl sites for hydroxylation is 1. The molecule has 156 valence electrons. The van der Waals surface area contributed by atoms with Gasteiger partial charge in [0, 0.05) is 43.6 Å². The Hall–Kier alpha value is -2.42. The number of nitrogens with zero attached hydrogens (tertiary/aromatic N) is 4. The molecule has 0 unspecified atom stereocenters. The molecule has 1 aromatic heterocycles. The normalized spacial score (nSPS) is 14.9. The van der Waals surface area contributed by atoms with E-state index in [4.69, 9.17) is 4.74 Å². The van der Waals surface area contributed by atoms with E-state index >= 15 is 0 Å². The quantitative estimate of drug-likeness (QED) is 0.696. The lowest BCUT2D eigenvalue weighted by Gasteiger charge is -2.35. The zero-order chi connectivity index (χ0) is 21.2. The molecule has 0 radical (unpaired) electrons. The molecule has 1 aliphatic rings. The van der Waals surface area contributed by atoms with Crippen LogP contribution < -0.4 is 5.56 Å². The van der Waals surface area contributed by atoms with E-state index in [0.717, 1.165) is 4.47 Å². The first-order valence-corrected chi connectivity index (χ1v) is 10.3. The zero-order valence-electron chi connectivity index (χ0n) is 16.9. The number of hydrogen-bond acceptors (Lipinski definition) is 5. The number of amides is 2. The van der Waals surface area contributed by atoms with Crippen molar-refractivity contribution in [3.63, 3.8) is 0 Å². The van der Waals surface area contributed by atoms with Crippen LogP contribution in [0.25, 0.3) is 10.9 Å². The molecule has 1 fully saturated rings. The number of fused-ring (bicyclic) bond motifs is 1. The summed E-state index contributed by atoms with van der Waals surface area (Å²) in [6.07, 6.45) is 1.32. The molecule has 1 aliphatic heterocycles. The highest BCUT2D eigenvalue weighted by Gasteiger charge is 2.27. The molecular formula is C20H25BrN4O4. The highest BCUT2D eigenvalue weighted by atomic mass is 79.9. The number of aromatic nitrogens is 2. The standard InChI is InChI=1S/C20H25BrN4O4/c1-20(2,3)29-19(28)24-10-8-23(9-11-24)17(26)6-7-25-13-22-16-5-4-14(21)12-15(16)18(25)27/h4-5,12-13H,6-11H2,1-3H3. The van der Waals surface area contributed by atoms with Gasteiger partial charge in [0.05, 0.1) is 17.2 Å². The molecular weight excluding hydrogens is 440 g/mol. The average molecular weight is 465 g/mol. The Kier molecular flexibility index (Phi) is 6.26. The topological polar surface area (TPSA) is 84.7 Å². The fourth-order valence-corrected chi connectivity index (χ4v) is 3.49. The van der Waals surface area contributed by atoms with Crippen molar-refractivity contribution < 1.29 is 14.3 Å². The highest BCUT2D eigenvalue weighted by molar-refractivity contribution is 9.10. The van der Waals surface area contributed by atoms with Gasteiger partial charge in [-0.3, -0.25) is 14.2 Å². The van der Waals surface area contributed by atoms with E-state index in [2.05, 4.69) is 20.9 Å². The number of rotatable bonds is 3. The molecule has 0 aliphatic carbocycles. The minimum atomic E-state index is -0.541. The molecule has 3 rings (SSSR count). The van der Waals surface area contributed by atoms with Crippen molar-refractivity contribution in [3.8, 4) is 0 Å². The van der Waals surface area contributed by atoms with Crippen LogP contribution in [0.15, 0.2) is 33.8 Å². The molecule has 9 heteroatoms. The lowest BCUT2D eigenvalue weighted by Crippen LogP contribution is -2.51. The van der Waals surface area contributed by atoms with Crippen molar-refractivity contribution in [2.24, 2.45) is 0 Å². The van der Waals surface area contributed by atoms with Crippen LogP contribution in [0.3, 0.4) is 0 Å². The lowest BCUT2D eigenvalue weighted by atomic mass is 10.2. The molecule has 1 aromatic carbocycles. The van der Waals surface area contributed by atoms with E-state index in [9.17, 15) is 14.4 Å². The summed E-state index contributed by atoms with van der Waals surface area (Å²) >= 11 is 3.36. The van der Waals surface area contributed by atoms with Crippen molar-refractivity contribution in [2.45, 2.75) is 39.3 Å². The molecule has 2 amide bonds. The van der Waals surface area contributed by atoms with Crippen LogP contribution in [-0.4, -0.2) is 63.1 Å². The first-order chi connectivity index (χ1) is 13.6. The third-order valence-corrected chi connectivity index (χ3v) is 5.13. The maximum atomic E-state index is 12.6. The number of ether oxygens (including phenoxy) is 1. The second-order valence-electron chi connectivity index (χ2n) is 8.00. The zero-order valence-corrected chi connectivity index (χ0v) is 18.4. The second-order valence-corrected chi connectivity index (χ2v) is 8.92. The van der Waals surface area contributed by atoms with Gasteiger partial charge in [-0.05, 0) is 39.0 Å². The predicted molar refractivity (Wildman–Crippen MR) is 113 cm³/mol. The van der Waals surface area contributed by atoms with Crippen LogP contribution in [0.5, 0.6) is 0 Å². The number of hydrogen-bond donors (Lipinski definition) is 0. The molecule has 0 atom stereocenters. The van der Waals surface area contributed by atoms with E-state index in [1.807, 2.05) is 26.8 Å². The van der Waals surface area contributed by atoms with Gasteiger partial charge in [0.2, 0.25) is 5.91 Å². The summed E-state index contributed by atoms with van der Waals surface area (Å²) in [7, 11) is 0. The first-order valence-electron chi connectivity index (χ1n) is 9.54. The van der Waals surface area contributed by atoms with Crippen molar-refractivity contribution in [3.05, 3.63) is 39.4 Å². The summed E-state index contributed by atoms with van der Waals surface area (Å²) in [5.74, 6) is -0.0462. The van der Waals surface area contributed by atoms with Gasteiger partial charge in [-0.2, -0.15) is 0 Å². The summed E-state index contributed by atoms with van der Waals surface area (Å²) in [6.45, 7) is 7.52. The number of piperazine rings is 1. The SMILES string of the molecule is CC(C)(C)OC(=O)N1CCN(C(=O)CCn2cnc3ccc(Br)cc3c2=O)CC1. The first kappa shape index (κ1) is 21.3. The number of halogens is 1. The Morgan fingerprint density at radius 1 is 1.14 bits per heavy atom. The monoisotopic (exact) mass is 464 g/mol. The maximum absolute atomic E-state index is 12.6. The van der Waals surface area contributed by atoms with E-state index in [-0.39, 0.29) is 30.5 Å². The Balaban J connectivity index is 1.56. The minimum absolute atomic E-state index is 0.0462. The Labute approximate surface area is 177 Å². The number of benzene rings is 1. The third kappa shape index (κ3) is 5.35. The van der Waals surface area contributed by atoms with Gasteiger partial charge in [-0.25, -0.2) is 9.78 Å². The van der Waals surface area contributed by atoms with Gasteiger partial charge in [0.25, 0.3) is 5.56 Å². The van der Waals surface area contributed by atoms with Crippen LogP contribution in [-0.2, 0) is 16.1 Å². The maximum Gasteiger partial charge on any atom is 0.410 e. The molecule has 29 heavy (non-hydrogen) atoms. The summed E-state index contributed by atoms with van der Waals surface area (Å²) in [5, 5.41) is 0.514. The van der Waals surface area contributed by atoms with Crippen molar-refractivity contribution in [1.29, 1.82) is 0 Å². The summed E-state index contributed by atoms with van der Waals surface area (Å²) in [5.41, 5.74) is -0.0845. The minimum Gasteiger partial charge on any atom is -0.444 e. The summed E-state index contributed by atoms with van der Waals surface area (Å²) < 4.78 is 7.64. The smallest absolute Gasteiger partial charge is 0.410 e. The predicted octanol–water partition coefficient (Wildman–Crippen LogP) is 2.63. The van der Waals surface area contributed by atoms with E-state index in [1.165, 1.54) is 10.9 Å². The van der Waals surface area contributed by atoms with E-state index < -0.39 is 5.60 Å². The molecule has 2 heterocycles. The van der Waals surface area contributed by atoms with Crippen molar-refractivity contribution in [2.75, 3.05) is 26.2 Å². The van der Waals surface area contributed by atoms with Crippen LogP contribution in [0.1, 0.15) is 27.2 Å².